The summed E-state index contributed by atoms with van der Waals surface area (Å²) in [6.45, 7) is 5.68. The van der Waals surface area contributed by atoms with Gasteiger partial charge in [-0.15, -0.1) is 0 Å². The quantitative estimate of drug-likeness (QED) is 0.745. The van der Waals surface area contributed by atoms with E-state index >= 15 is 0 Å². The van der Waals surface area contributed by atoms with Crippen molar-refractivity contribution in [1.29, 1.82) is 0 Å². The summed E-state index contributed by atoms with van der Waals surface area (Å²) in [7, 11) is 0. The zero-order valence-electron chi connectivity index (χ0n) is 8.87. The first-order valence-electron chi connectivity index (χ1n) is 4.71. The first-order valence-corrected chi connectivity index (χ1v) is 4.71. The van der Waals surface area contributed by atoms with E-state index in [1.165, 1.54) is 5.56 Å². The van der Waals surface area contributed by atoms with E-state index < -0.39 is 5.60 Å². The number of hydrogen-bond donors (Lipinski definition) is 1. The normalized spacial score (nSPS) is 14.9. The molecule has 14 heavy (non-hydrogen) atoms. The summed E-state index contributed by atoms with van der Waals surface area (Å²) in [6.07, 6.45) is 0.880. The molecular formula is C12H16O2. The fourth-order valence-electron chi connectivity index (χ4n) is 1.36. The fourth-order valence-corrected chi connectivity index (χ4v) is 1.36. The van der Waals surface area contributed by atoms with Crippen LogP contribution in [0.1, 0.15) is 30.0 Å². The molecule has 0 aromatic heterocycles. The van der Waals surface area contributed by atoms with E-state index in [-0.39, 0.29) is 6.42 Å². The van der Waals surface area contributed by atoms with E-state index in [0.29, 0.717) is 0 Å². The van der Waals surface area contributed by atoms with Crippen LogP contribution in [0.25, 0.3) is 0 Å². The summed E-state index contributed by atoms with van der Waals surface area (Å²) in [5.74, 6) is 0. The maximum Gasteiger partial charge on any atom is 0.123 e. The largest absolute Gasteiger partial charge is 0.385 e. The lowest BCUT2D eigenvalue weighted by molar-refractivity contribution is -0.112. The Hall–Kier alpha value is -1.15. The van der Waals surface area contributed by atoms with Crippen LogP contribution in [-0.4, -0.2) is 11.4 Å². The molecule has 0 fully saturated rings. The van der Waals surface area contributed by atoms with Crippen molar-refractivity contribution < 1.29 is 9.90 Å². The molecule has 2 nitrogen and oxygen atoms in total. The Morgan fingerprint density at radius 1 is 1.36 bits per heavy atom. The van der Waals surface area contributed by atoms with Crippen molar-refractivity contribution in [2.45, 2.75) is 32.8 Å². The molecule has 1 N–H and O–H groups in total. The number of carbonyl (C=O) groups excluding carboxylic acids is 1. The molecule has 0 spiro atoms. The first kappa shape index (κ1) is 10.9. The van der Waals surface area contributed by atoms with Crippen molar-refractivity contribution >= 4 is 6.29 Å². The SMILES string of the molecule is Cc1ccc(C(C)(O)CC=O)cc1C. The number of rotatable bonds is 3. The minimum absolute atomic E-state index is 0.134. The lowest BCUT2D eigenvalue weighted by Crippen LogP contribution is -2.21. The van der Waals surface area contributed by atoms with Gasteiger partial charge in [-0.25, -0.2) is 0 Å². The average Bonchev–Trinajstić information content (AvgIpc) is 2.09. The summed E-state index contributed by atoms with van der Waals surface area (Å²) in [4.78, 5) is 10.4. The number of hydrogen-bond acceptors (Lipinski definition) is 2. The van der Waals surface area contributed by atoms with Crippen molar-refractivity contribution in [3.8, 4) is 0 Å². The number of aryl methyl sites for hydroxylation is 2. The molecule has 76 valence electrons. The molecule has 0 aliphatic rings. The van der Waals surface area contributed by atoms with Crippen LogP contribution >= 0.6 is 0 Å². The van der Waals surface area contributed by atoms with Crippen LogP contribution in [0.5, 0.6) is 0 Å². The highest BCUT2D eigenvalue weighted by atomic mass is 16.3. The van der Waals surface area contributed by atoms with Gasteiger partial charge in [-0.1, -0.05) is 18.2 Å². The van der Waals surface area contributed by atoms with Crippen LogP contribution in [0.3, 0.4) is 0 Å². The van der Waals surface area contributed by atoms with Crippen LogP contribution < -0.4 is 0 Å². The smallest absolute Gasteiger partial charge is 0.123 e. The maximum absolute atomic E-state index is 10.4. The summed E-state index contributed by atoms with van der Waals surface area (Å²) >= 11 is 0. The number of carbonyl (C=O) groups is 1. The third-order valence-electron chi connectivity index (χ3n) is 2.61. The highest BCUT2D eigenvalue weighted by Crippen LogP contribution is 2.25. The van der Waals surface area contributed by atoms with Gasteiger partial charge in [-0.2, -0.15) is 0 Å². The van der Waals surface area contributed by atoms with Crippen LogP contribution in [0.2, 0.25) is 0 Å². The Bertz CT molecular complexity index is 340. The van der Waals surface area contributed by atoms with Gasteiger partial charge in [-0.05, 0) is 37.5 Å². The van der Waals surface area contributed by atoms with Crippen molar-refractivity contribution in [1.82, 2.24) is 0 Å². The summed E-state index contributed by atoms with van der Waals surface area (Å²) < 4.78 is 0. The lowest BCUT2D eigenvalue weighted by atomic mass is 9.91. The Morgan fingerprint density at radius 3 is 2.50 bits per heavy atom. The van der Waals surface area contributed by atoms with Gasteiger partial charge in [0.05, 0.1) is 5.60 Å². The van der Waals surface area contributed by atoms with Gasteiger partial charge < -0.3 is 9.90 Å². The van der Waals surface area contributed by atoms with E-state index in [9.17, 15) is 9.90 Å². The third-order valence-corrected chi connectivity index (χ3v) is 2.61. The number of benzene rings is 1. The summed E-state index contributed by atoms with van der Waals surface area (Å²) in [5.41, 5.74) is 2.08. The lowest BCUT2D eigenvalue weighted by Gasteiger charge is -2.21. The molecule has 0 bridgehead atoms. The minimum Gasteiger partial charge on any atom is -0.385 e. The zero-order valence-corrected chi connectivity index (χ0v) is 8.87. The van der Waals surface area contributed by atoms with Gasteiger partial charge in [-0.3, -0.25) is 0 Å². The molecule has 0 saturated heterocycles. The molecule has 0 aliphatic carbocycles. The van der Waals surface area contributed by atoms with E-state index in [1.54, 1.807) is 6.92 Å². The van der Waals surface area contributed by atoms with Crippen molar-refractivity contribution in [3.05, 3.63) is 34.9 Å². The average molecular weight is 192 g/mol. The molecule has 2 heteroatoms. The Balaban J connectivity index is 3.07. The zero-order chi connectivity index (χ0) is 10.8. The molecule has 0 heterocycles. The second-order valence-corrected chi connectivity index (χ2v) is 3.94. The van der Waals surface area contributed by atoms with Crippen LogP contribution in [-0.2, 0) is 10.4 Å². The van der Waals surface area contributed by atoms with Gasteiger partial charge >= 0.3 is 0 Å². The summed E-state index contributed by atoms with van der Waals surface area (Å²) in [5, 5.41) is 9.97. The Morgan fingerprint density at radius 2 is 2.00 bits per heavy atom. The minimum atomic E-state index is -1.04. The van der Waals surface area contributed by atoms with Crippen molar-refractivity contribution in [2.75, 3.05) is 0 Å². The standard InChI is InChI=1S/C12H16O2/c1-9-4-5-11(8-10(9)2)12(3,14)6-7-13/h4-5,7-8,14H,6H2,1-3H3. The summed E-state index contributed by atoms with van der Waals surface area (Å²) in [6, 6.07) is 5.76. The topological polar surface area (TPSA) is 37.3 Å². The molecule has 1 atom stereocenters. The van der Waals surface area contributed by atoms with E-state index in [0.717, 1.165) is 17.4 Å². The molecule has 0 saturated carbocycles. The van der Waals surface area contributed by atoms with Gasteiger partial charge in [0.25, 0.3) is 0 Å². The van der Waals surface area contributed by atoms with Crippen LogP contribution in [0.4, 0.5) is 0 Å². The predicted molar refractivity (Wildman–Crippen MR) is 56.2 cm³/mol. The molecule has 1 aromatic rings. The highest BCUT2D eigenvalue weighted by molar-refractivity contribution is 5.52. The first-order chi connectivity index (χ1) is 6.47. The second kappa shape index (κ2) is 3.93. The second-order valence-electron chi connectivity index (χ2n) is 3.94. The third kappa shape index (κ3) is 2.20. The molecular weight excluding hydrogens is 176 g/mol. The fraction of sp³-hybridized carbons (Fsp3) is 0.417. The van der Waals surface area contributed by atoms with Crippen LogP contribution in [0, 0.1) is 13.8 Å². The van der Waals surface area contributed by atoms with Crippen LogP contribution in [0.15, 0.2) is 18.2 Å². The molecule has 0 aliphatic heterocycles. The van der Waals surface area contributed by atoms with E-state index in [2.05, 4.69) is 0 Å². The van der Waals surface area contributed by atoms with Crippen molar-refractivity contribution in [2.24, 2.45) is 0 Å². The maximum atomic E-state index is 10.4. The van der Waals surface area contributed by atoms with Gasteiger partial charge in [0, 0.05) is 6.42 Å². The molecule has 0 amide bonds. The molecule has 0 radical (unpaired) electrons. The predicted octanol–water partition coefficient (Wildman–Crippen LogP) is 2.10. The van der Waals surface area contributed by atoms with Crippen molar-refractivity contribution in [3.63, 3.8) is 0 Å². The molecule has 1 aromatic carbocycles. The van der Waals surface area contributed by atoms with Gasteiger partial charge in [0.2, 0.25) is 0 Å². The Kier molecular flexibility index (Phi) is 3.06. The number of aliphatic hydroxyl groups is 1. The van der Waals surface area contributed by atoms with Gasteiger partial charge in [0.1, 0.15) is 6.29 Å². The molecule has 1 rings (SSSR count). The highest BCUT2D eigenvalue weighted by Gasteiger charge is 2.22. The Labute approximate surface area is 84.6 Å². The van der Waals surface area contributed by atoms with E-state index in [4.69, 9.17) is 0 Å². The monoisotopic (exact) mass is 192 g/mol. The van der Waals surface area contributed by atoms with E-state index in [1.807, 2.05) is 32.0 Å². The molecule has 1 unspecified atom stereocenters. The van der Waals surface area contributed by atoms with Gasteiger partial charge in [0.15, 0.2) is 0 Å². The number of aldehydes is 1.